The number of ether oxygens (including phenoxy) is 1. The van der Waals surface area contributed by atoms with E-state index in [4.69, 9.17) is 9.15 Å². The van der Waals surface area contributed by atoms with Crippen LogP contribution in [0.5, 0.6) is 0 Å². The highest BCUT2D eigenvalue weighted by Crippen LogP contribution is 2.20. The van der Waals surface area contributed by atoms with Gasteiger partial charge in [0.1, 0.15) is 0 Å². The number of nitrogens with zero attached hydrogens (tertiary/aromatic N) is 2. The largest absolute Gasteiger partial charge is 0.450 e. The molecule has 1 amide bonds. The monoisotopic (exact) mass is 233 g/mol. The van der Waals surface area contributed by atoms with Crippen molar-refractivity contribution in [2.45, 2.75) is 6.92 Å². The predicted octanol–water partition coefficient (Wildman–Crippen LogP) is 2.30. The predicted molar refractivity (Wildman–Crippen MR) is 60.4 cm³/mol. The van der Waals surface area contributed by atoms with Crippen molar-refractivity contribution in [1.82, 2.24) is 10.2 Å². The summed E-state index contributed by atoms with van der Waals surface area (Å²) in [6, 6.07) is 7.06. The fourth-order valence-electron chi connectivity index (χ4n) is 1.31. The minimum atomic E-state index is -0.491. The second kappa shape index (κ2) is 5.11. The van der Waals surface area contributed by atoms with Gasteiger partial charge in [0, 0.05) is 11.3 Å². The first-order valence-corrected chi connectivity index (χ1v) is 5.10. The quantitative estimate of drug-likeness (QED) is 0.880. The van der Waals surface area contributed by atoms with Crippen LogP contribution in [0, 0.1) is 0 Å². The van der Waals surface area contributed by atoms with Gasteiger partial charge in [-0.3, -0.25) is 5.32 Å². The Morgan fingerprint density at radius 1 is 1.53 bits per heavy atom. The van der Waals surface area contributed by atoms with Crippen LogP contribution < -0.4 is 5.32 Å². The maximum absolute atomic E-state index is 11.2. The number of carbonyl (C=O) groups is 1. The zero-order chi connectivity index (χ0) is 12.1. The fourth-order valence-corrected chi connectivity index (χ4v) is 1.31. The summed E-state index contributed by atoms with van der Waals surface area (Å²) in [7, 11) is 0. The first-order valence-electron chi connectivity index (χ1n) is 5.10. The number of benzene rings is 1. The zero-order valence-corrected chi connectivity index (χ0v) is 9.21. The van der Waals surface area contributed by atoms with E-state index in [1.165, 1.54) is 6.39 Å². The Kier molecular flexibility index (Phi) is 3.34. The van der Waals surface area contributed by atoms with Crippen molar-refractivity contribution in [3.8, 4) is 11.5 Å². The minimum absolute atomic E-state index is 0.329. The maximum atomic E-state index is 11.2. The highest BCUT2D eigenvalue weighted by atomic mass is 16.5. The molecule has 1 N–H and O–H groups in total. The first-order chi connectivity index (χ1) is 8.29. The summed E-state index contributed by atoms with van der Waals surface area (Å²) in [6.45, 7) is 2.07. The van der Waals surface area contributed by atoms with Gasteiger partial charge in [0.15, 0.2) is 0 Å². The summed E-state index contributed by atoms with van der Waals surface area (Å²) in [4.78, 5) is 11.2. The molecule has 2 rings (SSSR count). The molecule has 0 atom stereocenters. The summed E-state index contributed by atoms with van der Waals surface area (Å²) in [5.74, 6) is 0.400. The molecule has 0 saturated heterocycles. The van der Waals surface area contributed by atoms with E-state index in [2.05, 4.69) is 15.5 Å². The molecular weight excluding hydrogens is 222 g/mol. The van der Waals surface area contributed by atoms with Gasteiger partial charge >= 0.3 is 6.09 Å². The lowest BCUT2D eigenvalue weighted by atomic mass is 10.2. The lowest BCUT2D eigenvalue weighted by Crippen LogP contribution is -2.13. The summed E-state index contributed by atoms with van der Waals surface area (Å²) >= 11 is 0. The zero-order valence-electron chi connectivity index (χ0n) is 9.21. The van der Waals surface area contributed by atoms with Gasteiger partial charge < -0.3 is 9.15 Å². The van der Waals surface area contributed by atoms with E-state index in [1.807, 2.05) is 6.07 Å². The summed E-state index contributed by atoms with van der Waals surface area (Å²) in [6.07, 6.45) is 0.760. The van der Waals surface area contributed by atoms with E-state index in [0.717, 1.165) is 5.56 Å². The summed E-state index contributed by atoms with van der Waals surface area (Å²) < 4.78 is 9.84. The van der Waals surface area contributed by atoms with Gasteiger partial charge in [-0.15, -0.1) is 10.2 Å². The van der Waals surface area contributed by atoms with Gasteiger partial charge in [-0.1, -0.05) is 6.07 Å². The Morgan fingerprint density at radius 2 is 2.41 bits per heavy atom. The van der Waals surface area contributed by atoms with Crippen molar-refractivity contribution in [3.63, 3.8) is 0 Å². The number of hydrogen-bond acceptors (Lipinski definition) is 5. The third kappa shape index (κ3) is 2.81. The Hall–Kier alpha value is -2.37. The van der Waals surface area contributed by atoms with Crippen LogP contribution in [-0.4, -0.2) is 22.9 Å². The molecule has 0 fully saturated rings. The van der Waals surface area contributed by atoms with E-state index in [0.29, 0.717) is 18.2 Å². The van der Waals surface area contributed by atoms with Crippen molar-refractivity contribution >= 4 is 11.8 Å². The van der Waals surface area contributed by atoms with E-state index in [9.17, 15) is 4.79 Å². The van der Waals surface area contributed by atoms with Crippen LogP contribution in [0.25, 0.3) is 11.5 Å². The van der Waals surface area contributed by atoms with Gasteiger partial charge in [0.2, 0.25) is 12.3 Å². The van der Waals surface area contributed by atoms with Crippen molar-refractivity contribution in [2.75, 3.05) is 11.9 Å². The van der Waals surface area contributed by atoms with E-state index in [-0.39, 0.29) is 0 Å². The van der Waals surface area contributed by atoms with Gasteiger partial charge in [0.25, 0.3) is 0 Å². The number of aromatic nitrogens is 2. The fraction of sp³-hybridized carbons (Fsp3) is 0.182. The van der Waals surface area contributed by atoms with Gasteiger partial charge in [-0.05, 0) is 25.1 Å². The number of amides is 1. The molecule has 1 aromatic carbocycles. The number of hydrogen-bond donors (Lipinski definition) is 1. The maximum Gasteiger partial charge on any atom is 0.411 e. The van der Waals surface area contributed by atoms with Crippen LogP contribution >= 0.6 is 0 Å². The normalized spacial score (nSPS) is 9.94. The summed E-state index contributed by atoms with van der Waals surface area (Å²) in [5, 5.41) is 9.97. The molecule has 0 bridgehead atoms. The Morgan fingerprint density at radius 3 is 3.12 bits per heavy atom. The number of nitrogens with one attached hydrogen (secondary N) is 1. The van der Waals surface area contributed by atoms with Gasteiger partial charge in [-0.25, -0.2) is 4.79 Å². The highest BCUT2D eigenvalue weighted by molar-refractivity contribution is 5.85. The van der Waals surface area contributed by atoms with Crippen LogP contribution in [0.3, 0.4) is 0 Å². The average molecular weight is 233 g/mol. The molecule has 0 aliphatic heterocycles. The molecule has 1 heterocycles. The van der Waals surface area contributed by atoms with E-state index >= 15 is 0 Å². The first kappa shape index (κ1) is 11.1. The van der Waals surface area contributed by atoms with Crippen molar-refractivity contribution < 1.29 is 13.9 Å². The number of rotatable bonds is 3. The van der Waals surface area contributed by atoms with Crippen LogP contribution in [0.2, 0.25) is 0 Å². The van der Waals surface area contributed by atoms with Crippen molar-refractivity contribution in [2.24, 2.45) is 0 Å². The Balaban J connectivity index is 2.15. The second-order valence-electron chi connectivity index (χ2n) is 3.17. The number of anilines is 1. The Bertz CT molecular complexity index is 496. The standard InChI is InChI=1S/C11H11N3O3/c1-2-16-11(15)13-9-5-3-4-8(6-9)10-14-12-7-17-10/h3-7H,2H2,1H3,(H,13,15). The molecule has 0 aliphatic carbocycles. The molecule has 6 heteroatoms. The van der Waals surface area contributed by atoms with Crippen LogP contribution in [0.1, 0.15) is 6.92 Å². The third-order valence-electron chi connectivity index (χ3n) is 1.99. The molecule has 6 nitrogen and oxygen atoms in total. The molecule has 2 aromatic rings. The summed E-state index contributed by atoms with van der Waals surface area (Å²) in [5.41, 5.74) is 1.34. The average Bonchev–Trinajstić information content (AvgIpc) is 2.83. The van der Waals surface area contributed by atoms with Crippen LogP contribution in [0.4, 0.5) is 10.5 Å². The molecule has 17 heavy (non-hydrogen) atoms. The SMILES string of the molecule is CCOC(=O)Nc1cccc(-c2nnco2)c1. The van der Waals surface area contributed by atoms with Gasteiger partial charge in [0.05, 0.1) is 6.61 Å². The smallest absolute Gasteiger partial charge is 0.411 e. The molecule has 0 radical (unpaired) electrons. The molecular formula is C11H11N3O3. The number of carbonyl (C=O) groups excluding carboxylic acids is 1. The van der Waals surface area contributed by atoms with E-state index < -0.39 is 6.09 Å². The van der Waals surface area contributed by atoms with E-state index in [1.54, 1.807) is 25.1 Å². The Labute approximate surface area is 97.6 Å². The van der Waals surface area contributed by atoms with Crippen molar-refractivity contribution in [3.05, 3.63) is 30.7 Å². The molecule has 0 aliphatic rings. The minimum Gasteiger partial charge on any atom is -0.450 e. The van der Waals surface area contributed by atoms with Crippen LogP contribution in [-0.2, 0) is 4.74 Å². The van der Waals surface area contributed by atoms with Crippen molar-refractivity contribution in [1.29, 1.82) is 0 Å². The molecule has 0 unspecified atom stereocenters. The second-order valence-corrected chi connectivity index (χ2v) is 3.17. The third-order valence-corrected chi connectivity index (χ3v) is 1.99. The molecule has 0 spiro atoms. The highest BCUT2D eigenvalue weighted by Gasteiger charge is 2.06. The van der Waals surface area contributed by atoms with Crippen LogP contribution in [0.15, 0.2) is 35.1 Å². The topological polar surface area (TPSA) is 77.2 Å². The lowest BCUT2D eigenvalue weighted by molar-refractivity contribution is 0.168. The molecule has 1 aromatic heterocycles. The van der Waals surface area contributed by atoms with Gasteiger partial charge in [-0.2, -0.15) is 0 Å². The molecule has 0 saturated carbocycles. The lowest BCUT2D eigenvalue weighted by Gasteiger charge is -2.05. The molecule has 88 valence electrons.